The van der Waals surface area contributed by atoms with E-state index >= 15 is 0 Å². The SMILES string of the molecule is Cc1cc(C(O)C(O)CO)ccc1C#N. The van der Waals surface area contributed by atoms with Gasteiger partial charge in [0.25, 0.3) is 0 Å². The Kier molecular flexibility index (Phi) is 3.81. The first-order valence-electron chi connectivity index (χ1n) is 4.57. The minimum Gasteiger partial charge on any atom is -0.394 e. The van der Waals surface area contributed by atoms with Gasteiger partial charge in [0.2, 0.25) is 0 Å². The number of nitriles is 1. The lowest BCUT2D eigenvalue weighted by Gasteiger charge is -2.16. The average Bonchev–Trinajstić information content (AvgIpc) is 2.26. The van der Waals surface area contributed by atoms with Crippen LogP contribution in [0.4, 0.5) is 0 Å². The van der Waals surface area contributed by atoms with E-state index in [0.717, 1.165) is 5.56 Å². The van der Waals surface area contributed by atoms with Crippen LogP contribution < -0.4 is 0 Å². The second kappa shape index (κ2) is 4.89. The zero-order chi connectivity index (χ0) is 11.4. The molecule has 2 unspecified atom stereocenters. The third kappa shape index (κ3) is 2.54. The van der Waals surface area contributed by atoms with Gasteiger partial charge in [-0.3, -0.25) is 0 Å². The van der Waals surface area contributed by atoms with Crippen molar-refractivity contribution in [1.82, 2.24) is 0 Å². The minimum atomic E-state index is -1.20. The summed E-state index contributed by atoms with van der Waals surface area (Å²) in [7, 11) is 0. The van der Waals surface area contributed by atoms with Crippen molar-refractivity contribution < 1.29 is 15.3 Å². The van der Waals surface area contributed by atoms with Gasteiger partial charge in [-0.05, 0) is 24.1 Å². The summed E-state index contributed by atoms with van der Waals surface area (Å²) >= 11 is 0. The molecule has 4 nitrogen and oxygen atoms in total. The lowest BCUT2D eigenvalue weighted by atomic mass is 10.00. The van der Waals surface area contributed by atoms with E-state index in [9.17, 15) is 10.2 Å². The summed E-state index contributed by atoms with van der Waals surface area (Å²) in [6, 6.07) is 6.78. The molecule has 15 heavy (non-hydrogen) atoms. The second-order valence-electron chi connectivity index (χ2n) is 3.38. The Balaban J connectivity index is 2.98. The van der Waals surface area contributed by atoms with E-state index in [0.29, 0.717) is 11.1 Å². The summed E-state index contributed by atoms with van der Waals surface area (Å²) in [5.74, 6) is 0. The van der Waals surface area contributed by atoms with Gasteiger partial charge in [-0.25, -0.2) is 0 Å². The first-order valence-corrected chi connectivity index (χ1v) is 4.57. The summed E-state index contributed by atoms with van der Waals surface area (Å²) in [5, 5.41) is 36.2. The molecule has 4 heteroatoms. The largest absolute Gasteiger partial charge is 0.394 e. The van der Waals surface area contributed by atoms with Crippen LogP contribution in [0.5, 0.6) is 0 Å². The molecule has 80 valence electrons. The van der Waals surface area contributed by atoms with Gasteiger partial charge in [0, 0.05) is 0 Å². The van der Waals surface area contributed by atoms with E-state index in [1.54, 1.807) is 25.1 Å². The zero-order valence-electron chi connectivity index (χ0n) is 8.38. The van der Waals surface area contributed by atoms with Crippen LogP contribution in [0, 0.1) is 18.3 Å². The number of aliphatic hydroxyl groups excluding tert-OH is 3. The van der Waals surface area contributed by atoms with Crippen LogP contribution in [0.15, 0.2) is 18.2 Å². The number of benzene rings is 1. The van der Waals surface area contributed by atoms with Gasteiger partial charge in [0.15, 0.2) is 0 Å². The van der Waals surface area contributed by atoms with Crippen LogP contribution in [-0.2, 0) is 0 Å². The fourth-order valence-electron chi connectivity index (χ4n) is 1.32. The van der Waals surface area contributed by atoms with Gasteiger partial charge in [0.05, 0.1) is 18.2 Å². The first kappa shape index (κ1) is 11.7. The van der Waals surface area contributed by atoms with Crippen molar-refractivity contribution in [2.45, 2.75) is 19.1 Å². The molecule has 0 aliphatic rings. The van der Waals surface area contributed by atoms with Crippen molar-refractivity contribution in [3.05, 3.63) is 34.9 Å². The summed E-state index contributed by atoms with van der Waals surface area (Å²) < 4.78 is 0. The standard InChI is InChI=1S/C11H13NO3/c1-7-4-8(2-3-9(7)5-12)11(15)10(14)6-13/h2-4,10-11,13-15H,6H2,1H3. The predicted octanol–water partition coefficient (Wildman–Crippen LogP) is 0.253. The third-order valence-corrected chi connectivity index (χ3v) is 2.26. The molecule has 0 amide bonds. The minimum absolute atomic E-state index is 0.494. The van der Waals surface area contributed by atoms with Crippen LogP contribution in [-0.4, -0.2) is 28.0 Å². The molecule has 2 atom stereocenters. The zero-order valence-corrected chi connectivity index (χ0v) is 8.38. The van der Waals surface area contributed by atoms with Crippen molar-refractivity contribution in [3.8, 4) is 6.07 Å². The summed E-state index contributed by atoms with van der Waals surface area (Å²) in [4.78, 5) is 0. The fourth-order valence-corrected chi connectivity index (χ4v) is 1.32. The maximum absolute atomic E-state index is 9.58. The van der Waals surface area contributed by atoms with Gasteiger partial charge in [-0.15, -0.1) is 0 Å². The average molecular weight is 207 g/mol. The second-order valence-corrected chi connectivity index (χ2v) is 3.38. The molecule has 0 saturated carbocycles. The quantitative estimate of drug-likeness (QED) is 0.663. The molecule has 0 aromatic heterocycles. The maximum Gasteiger partial charge on any atom is 0.107 e. The van der Waals surface area contributed by atoms with Crippen LogP contribution in [0.3, 0.4) is 0 Å². The highest BCUT2D eigenvalue weighted by Crippen LogP contribution is 2.19. The molecule has 0 bridgehead atoms. The molecule has 1 aromatic carbocycles. The molecule has 0 aliphatic heterocycles. The maximum atomic E-state index is 9.58. The molecule has 0 spiro atoms. The van der Waals surface area contributed by atoms with Crippen LogP contribution >= 0.6 is 0 Å². The van der Waals surface area contributed by atoms with Crippen molar-refractivity contribution in [2.75, 3.05) is 6.61 Å². The van der Waals surface area contributed by atoms with Gasteiger partial charge in [-0.1, -0.05) is 12.1 Å². The van der Waals surface area contributed by atoms with E-state index < -0.39 is 18.8 Å². The number of aliphatic hydroxyl groups is 3. The Morgan fingerprint density at radius 2 is 2.07 bits per heavy atom. The first-order chi connectivity index (χ1) is 7.10. The number of rotatable bonds is 3. The topological polar surface area (TPSA) is 84.5 Å². The van der Waals surface area contributed by atoms with E-state index in [1.165, 1.54) is 0 Å². The number of hydrogen-bond donors (Lipinski definition) is 3. The van der Waals surface area contributed by atoms with Crippen molar-refractivity contribution in [2.24, 2.45) is 0 Å². The Bertz CT molecular complexity index is 384. The molecule has 0 aliphatic carbocycles. The third-order valence-electron chi connectivity index (χ3n) is 2.26. The molecular formula is C11H13NO3. The van der Waals surface area contributed by atoms with E-state index in [2.05, 4.69) is 0 Å². The molecule has 0 heterocycles. The summed E-state index contributed by atoms with van der Waals surface area (Å²) in [6.07, 6.45) is -2.32. The lowest BCUT2D eigenvalue weighted by molar-refractivity contribution is -0.0152. The van der Waals surface area contributed by atoms with Crippen molar-refractivity contribution >= 4 is 0 Å². The fraction of sp³-hybridized carbons (Fsp3) is 0.364. The van der Waals surface area contributed by atoms with Gasteiger partial charge < -0.3 is 15.3 Å². The van der Waals surface area contributed by atoms with E-state index in [4.69, 9.17) is 10.4 Å². The summed E-state index contributed by atoms with van der Waals surface area (Å²) in [5.41, 5.74) is 1.76. The number of hydrogen-bond acceptors (Lipinski definition) is 4. The normalized spacial score (nSPS) is 14.3. The van der Waals surface area contributed by atoms with Crippen molar-refractivity contribution in [1.29, 1.82) is 5.26 Å². The van der Waals surface area contributed by atoms with E-state index in [1.807, 2.05) is 6.07 Å². The Hall–Kier alpha value is -1.41. The molecular weight excluding hydrogens is 194 g/mol. The smallest absolute Gasteiger partial charge is 0.107 e. The molecule has 1 rings (SSSR count). The Morgan fingerprint density at radius 3 is 2.53 bits per heavy atom. The van der Waals surface area contributed by atoms with Crippen LogP contribution in [0.2, 0.25) is 0 Å². The molecule has 3 N–H and O–H groups in total. The molecule has 0 radical (unpaired) electrons. The lowest BCUT2D eigenvalue weighted by Crippen LogP contribution is -2.22. The Morgan fingerprint density at radius 1 is 1.40 bits per heavy atom. The van der Waals surface area contributed by atoms with Gasteiger partial charge >= 0.3 is 0 Å². The van der Waals surface area contributed by atoms with Gasteiger partial charge in [0.1, 0.15) is 12.2 Å². The monoisotopic (exact) mass is 207 g/mol. The molecule has 0 saturated heterocycles. The summed E-state index contributed by atoms with van der Waals surface area (Å²) in [6.45, 7) is 1.25. The number of aryl methyl sites for hydroxylation is 1. The molecule has 1 aromatic rings. The van der Waals surface area contributed by atoms with Crippen LogP contribution in [0.1, 0.15) is 22.8 Å². The highest BCUT2D eigenvalue weighted by Gasteiger charge is 2.17. The highest BCUT2D eigenvalue weighted by molar-refractivity contribution is 5.40. The van der Waals surface area contributed by atoms with Crippen LogP contribution in [0.25, 0.3) is 0 Å². The highest BCUT2D eigenvalue weighted by atomic mass is 16.4. The Labute approximate surface area is 88.0 Å². The van der Waals surface area contributed by atoms with Gasteiger partial charge in [-0.2, -0.15) is 5.26 Å². The molecule has 0 fully saturated rings. The van der Waals surface area contributed by atoms with E-state index in [-0.39, 0.29) is 0 Å². The number of nitrogens with zero attached hydrogens (tertiary/aromatic N) is 1. The predicted molar refractivity (Wildman–Crippen MR) is 53.9 cm³/mol. The van der Waals surface area contributed by atoms with Crippen molar-refractivity contribution in [3.63, 3.8) is 0 Å².